The van der Waals surface area contributed by atoms with E-state index in [2.05, 4.69) is 10.3 Å². The van der Waals surface area contributed by atoms with Crippen molar-refractivity contribution in [3.63, 3.8) is 0 Å². The van der Waals surface area contributed by atoms with Crippen molar-refractivity contribution in [1.29, 1.82) is 0 Å². The van der Waals surface area contributed by atoms with Crippen LogP contribution in [-0.2, 0) is 16.1 Å². The smallest absolute Gasteiger partial charge is 0.327 e. The van der Waals surface area contributed by atoms with Gasteiger partial charge in [-0.05, 0) is 24.1 Å². The zero-order valence-corrected chi connectivity index (χ0v) is 11.7. The fourth-order valence-electron chi connectivity index (χ4n) is 1.91. The van der Waals surface area contributed by atoms with Gasteiger partial charge in [0.1, 0.15) is 6.04 Å². The van der Waals surface area contributed by atoms with E-state index < -0.39 is 6.04 Å². The first kappa shape index (κ1) is 14.2. The van der Waals surface area contributed by atoms with E-state index in [-0.39, 0.29) is 5.97 Å². The Hall–Kier alpha value is -2.20. The first-order valence-electron chi connectivity index (χ1n) is 6.48. The molecule has 20 heavy (non-hydrogen) atoms. The molecular formula is C16H18N2O2. The number of aryl methyl sites for hydroxylation is 1. The van der Waals surface area contributed by atoms with Crippen molar-refractivity contribution < 1.29 is 9.53 Å². The van der Waals surface area contributed by atoms with E-state index in [0.29, 0.717) is 6.54 Å². The van der Waals surface area contributed by atoms with E-state index in [9.17, 15) is 4.79 Å². The fourth-order valence-corrected chi connectivity index (χ4v) is 1.91. The summed E-state index contributed by atoms with van der Waals surface area (Å²) in [5, 5.41) is 3.19. The Morgan fingerprint density at radius 3 is 2.60 bits per heavy atom. The molecule has 0 amide bonds. The molecule has 1 atom stereocenters. The minimum absolute atomic E-state index is 0.302. The number of hydrogen-bond donors (Lipinski definition) is 1. The summed E-state index contributed by atoms with van der Waals surface area (Å²) in [4.78, 5) is 16.2. The summed E-state index contributed by atoms with van der Waals surface area (Å²) in [5.74, 6) is -0.302. The number of esters is 1. The molecule has 104 valence electrons. The second kappa shape index (κ2) is 6.82. The third-order valence-corrected chi connectivity index (χ3v) is 3.03. The lowest BCUT2D eigenvalue weighted by atomic mass is 10.1. The van der Waals surface area contributed by atoms with E-state index in [1.54, 1.807) is 0 Å². The molecule has 1 heterocycles. The number of pyridine rings is 1. The summed E-state index contributed by atoms with van der Waals surface area (Å²) in [6.07, 6.45) is 1.81. The molecule has 0 fully saturated rings. The van der Waals surface area contributed by atoms with Crippen LogP contribution >= 0.6 is 0 Å². The van der Waals surface area contributed by atoms with Crippen molar-refractivity contribution in [1.82, 2.24) is 10.3 Å². The summed E-state index contributed by atoms with van der Waals surface area (Å²) in [5.41, 5.74) is 2.88. The molecule has 0 saturated heterocycles. The number of nitrogens with one attached hydrogen (secondary N) is 1. The molecule has 0 spiro atoms. The number of rotatable bonds is 5. The second-order valence-corrected chi connectivity index (χ2v) is 4.57. The predicted molar refractivity (Wildman–Crippen MR) is 77.0 cm³/mol. The summed E-state index contributed by atoms with van der Waals surface area (Å²) < 4.78 is 4.85. The normalized spacial score (nSPS) is 11.9. The number of methoxy groups -OCH3 is 1. The minimum Gasteiger partial charge on any atom is -0.468 e. The van der Waals surface area contributed by atoms with Crippen molar-refractivity contribution in [3.05, 3.63) is 65.5 Å². The van der Waals surface area contributed by atoms with Crippen molar-refractivity contribution in [3.8, 4) is 0 Å². The van der Waals surface area contributed by atoms with Gasteiger partial charge in [0.2, 0.25) is 0 Å². The molecule has 0 bridgehead atoms. The summed E-state index contributed by atoms with van der Waals surface area (Å²) in [6.45, 7) is 2.50. The minimum atomic E-state index is -0.482. The topological polar surface area (TPSA) is 51.2 Å². The van der Waals surface area contributed by atoms with Crippen LogP contribution in [0.5, 0.6) is 0 Å². The molecule has 0 radical (unpaired) electrons. The average Bonchev–Trinajstić information content (AvgIpc) is 2.50. The van der Waals surface area contributed by atoms with Gasteiger partial charge in [-0.25, -0.2) is 4.79 Å². The molecule has 1 aromatic heterocycles. The highest BCUT2D eigenvalue weighted by atomic mass is 16.5. The van der Waals surface area contributed by atoms with Gasteiger partial charge in [0.25, 0.3) is 0 Å². The SMILES string of the molecule is COC(=O)C(NCc1ccc(C)cn1)c1ccccc1. The van der Waals surface area contributed by atoms with Gasteiger partial charge in [-0.1, -0.05) is 36.4 Å². The van der Waals surface area contributed by atoms with Crippen molar-refractivity contribution in [2.75, 3.05) is 7.11 Å². The molecule has 0 aliphatic heterocycles. The lowest BCUT2D eigenvalue weighted by Gasteiger charge is -2.16. The molecule has 2 aromatic rings. The van der Waals surface area contributed by atoms with Gasteiger partial charge in [-0.3, -0.25) is 10.3 Å². The molecule has 4 nitrogen and oxygen atoms in total. The Morgan fingerprint density at radius 1 is 1.25 bits per heavy atom. The van der Waals surface area contributed by atoms with Crippen molar-refractivity contribution in [2.45, 2.75) is 19.5 Å². The number of hydrogen-bond acceptors (Lipinski definition) is 4. The van der Waals surface area contributed by atoms with Crippen LogP contribution in [0.1, 0.15) is 22.9 Å². The van der Waals surface area contributed by atoms with E-state index in [1.165, 1.54) is 7.11 Å². The first-order valence-corrected chi connectivity index (χ1v) is 6.48. The zero-order valence-electron chi connectivity index (χ0n) is 11.7. The Labute approximate surface area is 118 Å². The monoisotopic (exact) mass is 270 g/mol. The lowest BCUT2D eigenvalue weighted by Crippen LogP contribution is -2.29. The summed E-state index contributed by atoms with van der Waals surface area (Å²) in [6, 6.07) is 13.0. The van der Waals surface area contributed by atoms with Crippen LogP contribution in [0.2, 0.25) is 0 Å². The molecule has 4 heteroatoms. The van der Waals surface area contributed by atoms with Crippen LogP contribution in [0.25, 0.3) is 0 Å². The predicted octanol–water partition coefficient (Wildman–Crippen LogP) is 2.39. The van der Waals surface area contributed by atoms with Gasteiger partial charge in [-0.2, -0.15) is 0 Å². The number of ether oxygens (including phenoxy) is 1. The highest BCUT2D eigenvalue weighted by Crippen LogP contribution is 2.14. The van der Waals surface area contributed by atoms with Gasteiger partial charge in [0.05, 0.1) is 12.8 Å². The summed E-state index contributed by atoms with van der Waals surface area (Å²) in [7, 11) is 1.39. The molecule has 2 rings (SSSR count). The van der Waals surface area contributed by atoms with Gasteiger partial charge >= 0.3 is 5.97 Å². The van der Waals surface area contributed by atoms with Gasteiger partial charge in [0.15, 0.2) is 0 Å². The Bertz CT molecular complexity index is 552. The van der Waals surface area contributed by atoms with E-state index in [0.717, 1.165) is 16.8 Å². The fraction of sp³-hybridized carbons (Fsp3) is 0.250. The average molecular weight is 270 g/mol. The zero-order chi connectivity index (χ0) is 14.4. The standard InChI is InChI=1S/C16H18N2O2/c1-12-8-9-14(17-10-12)11-18-15(16(19)20-2)13-6-4-3-5-7-13/h3-10,15,18H,11H2,1-2H3. The first-order chi connectivity index (χ1) is 9.70. The van der Waals surface area contributed by atoms with Crippen molar-refractivity contribution in [2.24, 2.45) is 0 Å². The van der Waals surface area contributed by atoms with Crippen LogP contribution in [-0.4, -0.2) is 18.1 Å². The van der Waals surface area contributed by atoms with Gasteiger partial charge in [-0.15, -0.1) is 0 Å². The van der Waals surface area contributed by atoms with Crippen LogP contribution in [0.4, 0.5) is 0 Å². The Kier molecular flexibility index (Phi) is 4.85. The van der Waals surface area contributed by atoms with E-state index in [4.69, 9.17) is 4.74 Å². The third-order valence-electron chi connectivity index (χ3n) is 3.03. The molecule has 1 N–H and O–H groups in total. The second-order valence-electron chi connectivity index (χ2n) is 4.57. The third kappa shape index (κ3) is 3.65. The number of nitrogens with zero attached hydrogens (tertiary/aromatic N) is 1. The van der Waals surface area contributed by atoms with Crippen LogP contribution in [0.15, 0.2) is 48.7 Å². The van der Waals surface area contributed by atoms with Crippen LogP contribution in [0, 0.1) is 6.92 Å². The highest BCUT2D eigenvalue weighted by molar-refractivity contribution is 5.77. The molecule has 1 aromatic carbocycles. The quantitative estimate of drug-likeness (QED) is 0.848. The van der Waals surface area contributed by atoms with Crippen LogP contribution < -0.4 is 5.32 Å². The Morgan fingerprint density at radius 2 is 2.00 bits per heavy atom. The van der Waals surface area contributed by atoms with Gasteiger partial charge < -0.3 is 4.74 Å². The van der Waals surface area contributed by atoms with Crippen molar-refractivity contribution >= 4 is 5.97 Å². The molecule has 1 unspecified atom stereocenters. The number of benzene rings is 1. The maximum atomic E-state index is 11.9. The number of carbonyl (C=O) groups excluding carboxylic acids is 1. The molecule has 0 saturated carbocycles. The Balaban J connectivity index is 2.09. The highest BCUT2D eigenvalue weighted by Gasteiger charge is 2.20. The molecule has 0 aliphatic rings. The maximum Gasteiger partial charge on any atom is 0.327 e. The molecule has 0 aliphatic carbocycles. The molecular weight excluding hydrogens is 252 g/mol. The van der Waals surface area contributed by atoms with Gasteiger partial charge in [0, 0.05) is 12.7 Å². The number of carbonyl (C=O) groups is 1. The maximum absolute atomic E-state index is 11.9. The van der Waals surface area contributed by atoms with E-state index >= 15 is 0 Å². The van der Waals surface area contributed by atoms with Crippen LogP contribution in [0.3, 0.4) is 0 Å². The number of aromatic nitrogens is 1. The summed E-state index contributed by atoms with van der Waals surface area (Å²) >= 11 is 0. The largest absolute Gasteiger partial charge is 0.468 e. The lowest BCUT2D eigenvalue weighted by molar-refractivity contribution is -0.143. The van der Waals surface area contributed by atoms with E-state index in [1.807, 2.05) is 55.6 Å².